The number of fused-ring (bicyclic) bond motifs is 1. The van der Waals surface area contributed by atoms with Crippen molar-refractivity contribution in [1.82, 2.24) is 0 Å². The maximum atomic E-state index is 14.1. The Bertz CT molecular complexity index is 1750. The highest BCUT2D eigenvalue weighted by molar-refractivity contribution is 6.32. The van der Waals surface area contributed by atoms with Crippen molar-refractivity contribution >= 4 is 17.6 Å². The van der Waals surface area contributed by atoms with Crippen LogP contribution in [0.5, 0.6) is 28.7 Å². The Balaban J connectivity index is 1.43. The Labute approximate surface area is 246 Å². The van der Waals surface area contributed by atoms with E-state index in [0.29, 0.717) is 39.7 Å². The first kappa shape index (κ1) is 28.3. The van der Waals surface area contributed by atoms with Crippen molar-refractivity contribution in [2.45, 2.75) is 12.5 Å². The van der Waals surface area contributed by atoms with Gasteiger partial charge in [-0.15, -0.1) is 0 Å². The molecule has 10 heteroatoms. The molecule has 0 aliphatic carbocycles. The molecule has 212 valence electrons. The maximum Gasteiger partial charge on any atom is 0.343 e. The first-order valence-electron chi connectivity index (χ1n) is 12.6. The van der Waals surface area contributed by atoms with Crippen molar-refractivity contribution in [3.8, 4) is 34.8 Å². The average Bonchev–Trinajstić information content (AvgIpc) is 2.99. The molecule has 0 aromatic heterocycles. The van der Waals surface area contributed by atoms with Crippen molar-refractivity contribution in [3.63, 3.8) is 0 Å². The third-order valence-corrected chi connectivity index (χ3v) is 6.95. The van der Waals surface area contributed by atoms with E-state index in [9.17, 15) is 14.4 Å². The van der Waals surface area contributed by atoms with Gasteiger partial charge in [0.2, 0.25) is 5.88 Å². The quantitative estimate of drug-likeness (QED) is 0.184. The second-order valence-corrected chi connectivity index (χ2v) is 9.56. The molecule has 0 saturated carbocycles. The average molecular weight is 587 g/mol. The van der Waals surface area contributed by atoms with Crippen LogP contribution in [-0.4, -0.2) is 20.2 Å². The van der Waals surface area contributed by atoms with Gasteiger partial charge in [-0.3, -0.25) is 0 Å². The monoisotopic (exact) mass is 586 g/mol. The molecule has 8 nitrogen and oxygen atoms in total. The van der Waals surface area contributed by atoms with Gasteiger partial charge in [0.1, 0.15) is 41.3 Å². The number of rotatable bonds is 8. The summed E-state index contributed by atoms with van der Waals surface area (Å²) in [6.07, 6.45) is 0. The standard InChI is InChI=1S/C32H24ClFN2O6/c1-38-26-11-8-19(13-24(26)33)32(37)41-21-9-10-22-28(15-21)42-31(36)23(16-35)30(22)18-7-12-27(29(14-18)39-2)40-17-20-5-3-4-6-25(20)34/h3-15,30H,17,36H2,1-2H3. The predicted molar refractivity (Wildman–Crippen MR) is 152 cm³/mol. The zero-order chi connectivity index (χ0) is 29.8. The molecule has 42 heavy (non-hydrogen) atoms. The smallest absolute Gasteiger partial charge is 0.343 e. The molecule has 0 amide bonds. The number of carbonyl (C=O) groups is 1. The Morgan fingerprint density at radius 3 is 2.48 bits per heavy atom. The van der Waals surface area contributed by atoms with Gasteiger partial charge < -0.3 is 29.4 Å². The number of methoxy groups -OCH3 is 2. The summed E-state index contributed by atoms with van der Waals surface area (Å²) in [5, 5.41) is 10.2. The number of allylic oxidation sites excluding steroid dienone is 1. The Hall–Kier alpha value is -5.20. The normalized spacial score (nSPS) is 13.8. The molecule has 1 aliphatic heterocycles. The largest absolute Gasteiger partial charge is 0.495 e. The molecule has 2 N–H and O–H groups in total. The molecule has 0 spiro atoms. The molecule has 0 radical (unpaired) electrons. The van der Waals surface area contributed by atoms with E-state index >= 15 is 0 Å². The zero-order valence-electron chi connectivity index (χ0n) is 22.5. The molecular formula is C32H24ClFN2O6. The van der Waals surface area contributed by atoms with Gasteiger partial charge in [-0.05, 0) is 48.0 Å². The lowest BCUT2D eigenvalue weighted by Crippen LogP contribution is -2.21. The number of nitrogens with zero attached hydrogens (tertiary/aromatic N) is 1. The van der Waals surface area contributed by atoms with Gasteiger partial charge in [-0.25, -0.2) is 9.18 Å². The van der Waals surface area contributed by atoms with E-state index in [1.54, 1.807) is 54.6 Å². The summed E-state index contributed by atoms with van der Waals surface area (Å²) in [5.74, 6) is 0.0222. The fourth-order valence-corrected chi connectivity index (χ4v) is 4.81. The highest BCUT2D eigenvalue weighted by Crippen LogP contribution is 2.45. The Kier molecular flexibility index (Phi) is 8.18. The van der Waals surface area contributed by atoms with Crippen LogP contribution in [0.15, 0.2) is 90.3 Å². The minimum Gasteiger partial charge on any atom is -0.495 e. The molecule has 0 fully saturated rings. The number of ether oxygens (including phenoxy) is 5. The number of benzene rings is 4. The third-order valence-electron chi connectivity index (χ3n) is 6.65. The lowest BCUT2D eigenvalue weighted by Gasteiger charge is -2.27. The molecule has 4 aromatic carbocycles. The summed E-state index contributed by atoms with van der Waals surface area (Å²) in [6, 6.07) is 23.0. The van der Waals surface area contributed by atoms with Crippen LogP contribution in [0.3, 0.4) is 0 Å². The number of carbonyl (C=O) groups excluding carboxylic acids is 1. The summed E-state index contributed by atoms with van der Waals surface area (Å²) < 4.78 is 41.9. The molecule has 5 rings (SSSR count). The second kappa shape index (κ2) is 12.1. The van der Waals surface area contributed by atoms with E-state index in [2.05, 4.69) is 6.07 Å². The number of hydrogen-bond acceptors (Lipinski definition) is 8. The minimum absolute atomic E-state index is 0.00298. The van der Waals surface area contributed by atoms with Crippen molar-refractivity contribution < 1.29 is 32.9 Å². The molecule has 1 atom stereocenters. The number of nitriles is 1. The van der Waals surface area contributed by atoms with Crippen LogP contribution in [-0.2, 0) is 6.61 Å². The van der Waals surface area contributed by atoms with Crippen molar-refractivity contribution in [1.29, 1.82) is 5.26 Å². The first-order chi connectivity index (χ1) is 20.3. The fraction of sp³-hybridized carbons (Fsp3) is 0.125. The van der Waals surface area contributed by atoms with E-state index < -0.39 is 11.9 Å². The summed E-state index contributed by atoms with van der Waals surface area (Å²) in [7, 11) is 2.96. The maximum absolute atomic E-state index is 14.1. The molecule has 1 heterocycles. The highest BCUT2D eigenvalue weighted by Gasteiger charge is 2.32. The molecule has 0 saturated heterocycles. The van der Waals surface area contributed by atoms with Crippen molar-refractivity contribution in [2.75, 3.05) is 14.2 Å². The molecular weight excluding hydrogens is 563 g/mol. The summed E-state index contributed by atoms with van der Waals surface area (Å²) in [6.45, 7) is 0.00298. The van der Waals surface area contributed by atoms with Crippen LogP contribution >= 0.6 is 11.6 Å². The fourth-order valence-electron chi connectivity index (χ4n) is 4.56. The molecule has 0 bridgehead atoms. The lowest BCUT2D eigenvalue weighted by atomic mass is 9.83. The predicted octanol–water partition coefficient (Wildman–Crippen LogP) is 6.51. The van der Waals surface area contributed by atoms with Gasteiger partial charge in [-0.2, -0.15) is 5.26 Å². The number of halogens is 2. The van der Waals surface area contributed by atoms with Crippen molar-refractivity contribution in [3.05, 3.63) is 123 Å². The topological polar surface area (TPSA) is 113 Å². The minimum atomic E-state index is -0.635. The number of hydrogen-bond donors (Lipinski definition) is 1. The van der Waals surface area contributed by atoms with Crippen LogP contribution in [0.4, 0.5) is 4.39 Å². The van der Waals surface area contributed by atoms with E-state index in [-0.39, 0.29) is 40.2 Å². The van der Waals surface area contributed by atoms with Crippen LogP contribution in [0, 0.1) is 17.1 Å². The summed E-state index contributed by atoms with van der Waals surface area (Å²) in [4.78, 5) is 12.8. The van der Waals surface area contributed by atoms with Gasteiger partial charge in [0.05, 0.1) is 30.7 Å². The summed E-state index contributed by atoms with van der Waals surface area (Å²) in [5.41, 5.74) is 8.27. The SMILES string of the molecule is COc1ccc(C(=O)Oc2ccc3c(c2)OC(N)=C(C#N)C3c2ccc(OCc3ccccc3F)c(OC)c2)cc1Cl. The van der Waals surface area contributed by atoms with E-state index in [4.69, 9.17) is 41.0 Å². The molecule has 1 aliphatic rings. The Morgan fingerprint density at radius 1 is 1.00 bits per heavy atom. The Morgan fingerprint density at radius 2 is 1.76 bits per heavy atom. The third kappa shape index (κ3) is 5.66. The van der Waals surface area contributed by atoms with Gasteiger partial charge in [0, 0.05) is 17.2 Å². The van der Waals surface area contributed by atoms with E-state index in [1.165, 1.54) is 38.5 Å². The van der Waals surface area contributed by atoms with E-state index in [0.717, 1.165) is 0 Å². The number of nitrogens with two attached hydrogens (primary N) is 1. The molecule has 4 aromatic rings. The van der Waals surface area contributed by atoms with Gasteiger partial charge in [0.25, 0.3) is 0 Å². The second-order valence-electron chi connectivity index (χ2n) is 9.15. The highest BCUT2D eigenvalue weighted by atomic mass is 35.5. The van der Waals surface area contributed by atoms with Gasteiger partial charge >= 0.3 is 5.97 Å². The first-order valence-corrected chi connectivity index (χ1v) is 13.0. The van der Waals surface area contributed by atoms with Crippen LogP contribution < -0.4 is 29.4 Å². The van der Waals surface area contributed by atoms with Gasteiger partial charge in [-0.1, -0.05) is 41.9 Å². The lowest BCUT2D eigenvalue weighted by molar-refractivity contribution is 0.0734. The summed E-state index contributed by atoms with van der Waals surface area (Å²) >= 11 is 6.14. The zero-order valence-corrected chi connectivity index (χ0v) is 23.3. The number of esters is 1. The molecule has 1 unspecified atom stereocenters. The van der Waals surface area contributed by atoms with Crippen LogP contribution in [0.25, 0.3) is 0 Å². The van der Waals surface area contributed by atoms with Crippen molar-refractivity contribution in [2.24, 2.45) is 5.73 Å². The van der Waals surface area contributed by atoms with Crippen LogP contribution in [0.2, 0.25) is 5.02 Å². The van der Waals surface area contributed by atoms with E-state index in [1.807, 2.05) is 0 Å². The van der Waals surface area contributed by atoms with Crippen LogP contribution in [0.1, 0.15) is 33.0 Å². The van der Waals surface area contributed by atoms with Gasteiger partial charge in [0.15, 0.2) is 11.5 Å².